The first-order chi connectivity index (χ1) is 8.82. The minimum absolute atomic E-state index is 0.0116. The predicted octanol–water partition coefficient (Wildman–Crippen LogP) is 2.33. The highest BCUT2D eigenvalue weighted by Gasteiger charge is 2.44. The number of amides is 2. The van der Waals surface area contributed by atoms with Crippen molar-refractivity contribution in [3.05, 3.63) is 0 Å². The maximum atomic E-state index is 12.6. The van der Waals surface area contributed by atoms with Crippen molar-refractivity contribution in [3.8, 4) is 0 Å². The third-order valence-electron chi connectivity index (χ3n) is 3.68. The zero-order valence-electron chi connectivity index (χ0n) is 13.0. The van der Waals surface area contributed by atoms with Crippen molar-refractivity contribution in [3.63, 3.8) is 0 Å². The van der Waals surface area contributed by atoms with Crippen LogP contribution in [0.5, 0.6) is 0 Å². The monoisotopic (exact) mass is 268 g/mol. The van der Waals surface area contributed by atoms with Gasteiger partial charge in [-0.2, -0.15) is 0 Å². The van der Waals surface area contributed by atoms with Crippen molar-refractivity contribution in [2.45, 2.75) is 72.4 Å². The highest BCUT2D eigenvalue weighted by Crippen LogP contribution is 2.26. The number of nitrogens with zero attached hydrogens (tertiary/aromatic N) is 1. The molecular formula is C15H28N2O2. The summed E-state index contributed by atoms with van der Waals surface area (Å²) >= 11 is 0. The Balaban J connectivity index is 2.94. The molecule has 0 bridgehead atoms. The largest absolute Gasteiger partial charge is 0.342 e. The van der Waals surface area contributed by atoms with Gasteiger partial charge < -0.3 is 10.2 Å². The van der Waals surface area contributed by atoms with Crippen molar-refractivity contribution >= 4 is 11.8 Å². The summed E-state index contributed by atoms with van der Waals surface area (Å²) in [6.07, 6.45) is 3.65. The molecule has 1 heterocycles. The zero-order chi connectivity index (χ0) is 14.6. The number of piperazine rings is 1. The number of rotatable bonds is 5. The lowest BCUT2D eigenvalue weighted by molar-refractivity contribution is -0.152. The fraction of sp³-hybridized carbons (Fsp3) is 0.867. The van der Waals surface area contributed by atoms with E-state index < -0.39 is 6.04 Å². The number of unbranched alkanes of at least 4 members (excludes halogenated alkanes) is 1. The van der Waals surface area contributed by atoms with Gasteiger partial charge in [-0.3, -0.25) is 9.59 Å². The summed E-state index contributed by atoms with van der Waals surface area (Å²) in [6, 6.07) is -0.674. The molecule has 4 nitrogen and oxygen atoms in total. The predicted molar refractivity (Wildman–Crippen MR) is 76.7 cm³/mol. The van der Waals surface area contributed by atoms with Crippen molar-refractivity contribution in [2.24, 2.45) is 5.41 Å². The van der Waals surface area contributed by atoms with Gasteiger partial charge in [-0.1, -0.05) is 47.5 Å². The second-order valence-electron chi connectivity index (χ2n) is 6.50. The number of nitrogens with one attached hydrogen (secondary N) is 1. The Morgan fingerprint density at radius 3 is 2.26 bits per heavy atom. The minimum Gasteiger partial charge on any atom is -0.342 e. The second-order valence-corrected chi connectivity index (χ2v) is 6.50. The second kappa shape index (κ2) is 6.40. The van der Waals surface area contributed by atoms with E-state index in [-0.39, 0.29) is 23.3 Å². The van der Waals surface area contributed by atoms with E-state index in [4.69, 9.17) is 0 Å². The van der Waals surface area contributed by atoms with Crippen LogP contribution in [0.3, 0.4) is 0 Å². The molecule has 1 saturated heterocycles. The number of hydrogen-bond donors (Lipinski definition) is 1. The van der Waals surface area contributed by atoms with E-state index in [1.165, 1.54) is 0 Å². The van der Waals surface area contributed by atoms with Gasteiger partial charge in [-0.05, 0) is 18.3 Å². The average molecular weight is 268 g/mol. The maximum absolute atomic E-state index is 12.6. The van der Waals surface area contributed by atoms with Gasteiger partial charge in [-0.15, -0.1) is 0 Å². The first kappa shape index (κ1) is 16.0. The fourth-order valence-corrected chi connectivity index (χ4v) is 2.50. The molecule has 1 fully saturated rings. The van der Waals surface area contributed by atoms with Gasteiger partial charge in [0.2, 0.25) is 11.8 Å². The van der Waals surface area contributed by atoms with Gasteiger partial charge in [0.25, 0.3) is 0 Å². The number of carbonyl (C=O) groups excluding carboxylic acids is 2. The van der Waals surface area contributed by atoms with Gasteiger partial charge in [0.05, 0.1) is 0 Å². The highest BCUT2D eigenvalue weighted by atomic mass is 16.2. The molecule has 1 aliphatic rings. The SMILES string of the molecule is CCCCN1C(=O)C(C(C)(C)C)NC(=O)C1CCC. The molecule has 0 aromatic heterocycles. The Morgan fingerprint density at radius 1 is 1.16 bits per heavy atom. The van der Waals surface area contributed by atoms with Crippen LogP contribution in [0.4, 0.5) is 0 Å². The van der Waals surface area contributed by atoms with Gasteiger partial charge in [-0.25, -0.2) is 0 Å². The Morgan fingerprint density at radius 2 is 1.79 bits per heavy atom. The fourth-order valence-electron chi connectivity index (χ4n) is 2.50. The molecule has 1 N–H and O–H groups in total. The Kier molecular flexibility index (Phi) is 5.39. The van der Waals surface area contributed by atoms with E-state index in [9.17, 15) is 9.59 Å². The molecule has 0 aromatic carbocycles. The summed E-state index contributed by atoms with van der Waals surface area (Å²) < 4.78 is 0. The molecule has 4 heteroatoms. The van der Waals surface area contributed by atoms with Crippen LogP contribution in [-0.4, -0.2) is 35.3 Å². The van der Waals surface area contributed by atoms with Gasteiger partial charge in [0, 0.05) is 6.54 Å². The quantitative estimate of drug-likeness (QED) is 0.832. The van der Waals surface area contributed by atoms with Crippen molar-refractivity contribution in [2.75, 3.05) is 6.54 Å². The summed E-state index contributed by atoms with van der Waals surface area (Å²) in [5.74, 6) is 0.0940. The summed E-state index contributed by atoms with van der Waals surface area (Å²) in [4.78, 5) is 26.7. The van der Waals surface area contributed by atoms with E-state index in [2.05, 4.69) is 12.2 Å². The van der Waals surface area contributed by atoms with Crippen LogP contribution in [0.2, 0.25) is 0 Å². The van der Waals surface area contributed by atoms with Crippen LogP contribution in [0.15, 0.2) is 0 Å². The normalized spacial score (nSPS) is 24.6. The van der Waals surface area contributed by atoms with Crippen LogP contribution in [0, 0.1) is 5.41 Å². The molecule has 0 spiro atoms. The maximum Gasteiger partial charge on any atom is 0.246 e. The zero-order valence-corrected chi connectivity index (χ0v) is 13.0. The molecule has 0 aromatic rings. The molecule has 2 amide bonds. The molecule has 110 valence electrons. The van der Waals surface area contributed by atoms with Crippen LogP contribution < -0.4 is 5.32 Å². The van der Waals surface area contributed by atoms with Crippen LogP contribution in [0.1, 0.15) is 60.3 Å². The van der Waals surface area contributed by atoms with Crippen LogP contribution in [-0.2, 0) is 9.59 Å². The smallest absolute Gasteiger partial charge is 0.246 e. The third kappa shape index (κ3) is 3.71. The Labute approximate surface area is 116 Å². The standard InChI is InChI=1S/C15H28N2O2/c1-6-8-10-17-11(9-7-2)13(18)16-12(14(17)19)15(3,4)5/h11-12H,6-10H2,1-5H3,(H,16,18). The molecule has 0 saturated carbocycles. The summed E-state index contributed by atoms with van der Waals surface area (Å²) in [5, 5.41) is 2.92. The van der Waals surface area contributed by atoms with Crippen LogP contribution in [0.25, 0.3) is 0 Å². The molecule has 19 heavy (non-hydrogen) atoms. The number of carbonyl (C=O) groups is 2. The molecule has 0 radical (unpaired) electrons. The van der Waals surface area contributed by atoms with Crippen molar-refractivity contribution < 1.29 is 9.59 Å². The molecule has 1 aliphatic heterocycles. The summed E-state index contributed by atoms with van der Waals surface area (Å²) in [7, 11) is 0. The Hall–Kier alpha value is -1.06. The van der Waals surface area contributed by atoms with E-state index in [1.54, 1.807) is 0 Å². The van der Waals surface area contributed by atoms with Crippen molar-refractivity contribution in [1.29, 1.82) is 0 Å². The lowest BCUT2D eigenvalue weighted by Crippen LogP contribution is -2.66. The first-order valence-electron chi connectivity index (χ1n) is 7.43. The third-order valence-corrected chi connectivity index (χ3v) is 3.68. The highest BCUT2D eigenvalue weighted by molar-refractivity contribution is 5.97. The van der Waals surface area contributed by atoms with Gasteiger partial charge >= 0.3 is 0 Å². The van der Waals surface area contributed by atoms with Gasteiger partial charge in [0.1, 0.15) is 12.1 Å². The summed E-state index contributed by atoms with van der Waals surface area (Å²) in [5.41, 5.74) is -0.242. The van der Waals surface area contributed by atoms with E-state index in [1.807, 2.05) is 32.6 Å². The van der Waals surface area contributed by atoms with Gasteiger partial charge in [0.15, 0.2) is 0 Å². The van der Waals surface area contributed by atoms with E-state index >= 15 is 0 Å². The minimum atomic E-state index is -0.398. The van der Waals surface area contributed by atoms with E-state index in [0.717, 1.165) is 25.7 Å². The molecule has 2 unspecified atom stereocenters. The molecular weight excluding hydrogens is 240 g/mol. The van der Waals surface area contributed by atoms with Crippen LogP contribution >= 0.6 is 0 Å². The molecule has 2 atom stereocenters. The summed E-state index contributed by atoms with van der Waals surface area (Å²) in [6.45, 7) is 10.8. The molecule has 0 aliphatic carbocycles. The average Bonchev–Trinajstić information content (AvgIpc) is 2.31. The topological polar surface area (TPSA) is 49.4 Å². The lowest BCUT2D eigenvalue weighted by atomic mass is 9.83. The molecule has 1 rings (SSSR count). The lowest BCUT2D eigenvalue weighted by Gasteiger charge is -2.43. The Bertz CT molecular complexity index is 334. The van der Waals surface area contributed by atoms with Crippen molar-refractivity contribution in [1.82, 2.24) is 10.2 Å². The van der Waals surface area contributed by atoms with E-state index in [0.29, 0.717) is 6.54 Å². The first-order valence-corrected chi connectivity index (χ1v) is 7.43. The number of hydrogen-bond acceptors (Lipinski definition) is 2.